The lowest BCUT2D eigenvalue weighted by Gasteiger charge is -2.01. The zero-order valence-corrected chi connectivity index (χ0v) is 9.69. The molecule has 0 spiro atoms. The van der Waals surface area contributed by atoms with Crippen LogP contribution in [0.4, 0.5) is 0 Å². The van der Waals surface area contributed by atoms with Gasteiger partial charge in [0.15, 0.2) is 0 Å². The van der Waals surface area contributed by atoms with Crippen LogP contribution >= 0.6 is 0 Å². The molecule has 0 amide bonds. The van der Waals surface area contributed by atoms with Crippen LogP contribution in [-0.2, 0) is 0 Å². The summed E-state index contributed by atoms with van der Waals surface area (Å²) in [7, 11) is 0. The molecule has 0 aromatic heterocycles. The Kier molecular flexibility index (Phi) is 7.90. The average molecular weight is 180 g/mol. The van der Waals surface area contributed by atoms with Crippen molar-refractivity contribution in [3.63, 3.8) is 0 Å². The maximum Gasteiger partial charge on any atom is 0.0146 e. The van der Waals surface area contributed by atoms with Gasteiger partial charge in [0.1, 0.15) is 0 Å². The smallest absolute Gasteiger partial charge is 0.0146 e. The van der Waals surface area contributed by atoms with Gasteiger partial charge >= 0.3 is 0 Å². The van der Waals surface area contributed by atoms with Crippen LogP contribution in [0.25, 0.3) is 0 Å². The number of rotatable bonds is 5. The Morgan fingerprint density at radius 2 is 1.62 bits per heavy atom. The highest BCUT2D eigenvalue weighted by atomic mass is 14.0. The first-order valence-electron chi connectivity index (χ1n) is 5.61. The maximum absolute atomic E-state index is 3.22. The monoisotopic (exact) mass is 180 g/mol. The van der Waals surface area contributed by atoms with Crippen molar-refractivity contribution >= 4 is 0 Å². The first-order chi connectivity index (χ1) is 6.13. The van der Waals surface area contributed by atoms with Gasteiger partial charge in [0.05, 0.1) is 0 Å². The lowest BCUT2D eigenvalue weighted by molar-refractivity contribution is 0.529. The normalized spacial score (nSPS) is 10.3. The van der Waals surface area contributed by atoms with Crippen molar-refractivity contribution in [2.45, 2.75) is 59.8 Å². The molecule has 0 fully saturated rings. The van der Waals surface area contributed by atoms with Gasteiger partial charge in [-0.2, -0.15) is 0 Å². The molecule has 0 radical (unpaired) electrons. The summed E-state index contributed by atoms with van der Waals surface area (Å²) in [6.07, 6.45) is 6.48. The average Bonchev–Trinajstić information content (AvgIpc) is 2.01. The molecule has 0 bridgehead atoms. The van der Waals surface area contributed by atoms with E-state index >= 15 is 0 Å². The third-order valence-corrected chi connectivity index (χ3v) is 1.97. The Morgan fingerprint density at radius 3 is 2.15 bits per heavy atom. The lowest BCUT2D eigenvalue weighted by atomic mass is 10.0. The van der Waals surface area contributed by atoms with E-state index < -0.39 is 0 Å². The Hall–Kier alpha value is -0.440. The summed E-state index contributed by atoms with van der Waals surface area (Å²) >= 11 is 0. The molecule has 0 aliphatic rings. The summed E-state index contributed by atoms with van der Waals surface area (Å²) in [5.41, 5.74) is 0. The predicted molar refractivity (Wildman–Crippen MR) is 60.5 cm³/mol. The van der Waals surface area contributed by atoms with Crippen molar-refractivity contribution in [3.8, 4) is 11.8 Å². The molecule has 0 aromatic rings. The van der Waals surface area contributed by atoms with Gasteiger partial charge in [0.25, 0.3) is 0 Å². The van der Waals surface area contributed by atoms with Crippen LogP contribution in [-0.4, -0.2) is 0 Å². The van der Waals surface area contributed by atoms with Gasteiger partial charge in [-0.15, -0.1) is 11.8 Å². The van der Waals surface area contributed by atoms with E-state index in [1.165, 1.54) is 25.7 Å². The molecule has 0 aliphatic heterocycles. The maximum atomic E-state index is 3.22. The largest absolute Gasteiger partial charge is 0.103 e. The van der Waals surface area contributed by atoms with Gasteiger partial charge < -0.3 is 0 Å². The van der Waals surface area contributed by atoms with Crippen LogP contribution < -0.4 is 0 Å². The van der Waals surface area contributed by atoms with Crippen LogP contribution in [0.1, 0.15) is 59.8 Å². The lowest BCUT2D eigenvalue weighted by Crippen LogP contribution is -1.86. The number of hydrogen-bond acceptors (Lipinski definition) is 0. The second-order valence-corrected chi connectivity index (χ2v) is 4.47. The predicted octanol–water partition coefficient (Wildman–Crippen LogP) is 4.25. The summed E-state index contributed by atoms with van der Waals surface area (Å²) in [5, 5.41) is 0. The van der Waals surface area contributed by atoms with Gasteiger partial charge in [-0.25, -0.2) is 0 Å². The van der Waals surface area contributed by atoms with Gasteiger partial charge in [-0.1, -0.05) is 47.0 Å². The molecular weight excluding hydrogens is 156 g/mol. The molecule has 0 aromatic carbocycles. The molecule has 0 nitrogen and oxygen atoms in total. The van der Waals surface area contributed by atoms with Crippen LogP contribution in [0.3, 0.4) is 0 Å². The molecule has 0 heterocycles. The second-order valence-electron chi connectivity index (χ2n) is 4.47. The molecule has 76 valence electrons. The Morgan fingerprint density at radius 1 is 0.923 bits per heavy atom. The van der Waals surface area contributed by atoms with E-state index in [0.717, 1.165) is 12.3 Å². The van der Waals surface area contributed by atoms with E-state index in [9.17, 15) is 0 Å². The quantitative estimate of drug-likeness (QED) is 0.438. The molecular formula is C13H24. The Balaban J connectivity index is 3.14. The van der Waals surface area contributed by atoms with Crippen molar-refractivity contribution in [2.24, 2.45) is 11.8 Å². The molecule has 0 rings (SSSR count). The van der Waals surface area contributed by atoms with Crippen LogP contribution in [0, 0.1) is 23.7 Å². The highest BCUT2D eigenvalue weighted by Crippen LogP contribution is 2.08. The summed E-state index contributed by atoms with van der Waals surface area (Å²) in [4.78, 5) is 0. The minimum absolute atomic E-state index is 0.538. The van der Waals surface area contributed by atoms with E-state index in [-0.39, 0.29) is 0 Å². The summed E-state index contributed by atoms with van der Waals surface area (Å²) < 4.78 is 0. The van der Waals surface area contributed by atoms with Crippen molar-refractivity contribution in [1.82, 2.24) is 0 Å². The van der Waals surface area contributed by atoms with E-state index in [1.807, 2.05) is 0 Å². The molecule has 0 saturated heterocycles. The number of hydrogen-bond donors (Lipinski definition) is 0. The van der Waals surface area contributed by atoms with Crippen LogP contribution in [0.2, 0.25) is 0 Å². The summed E-state index contributed by atoms with van der Waals surface area (Å²) in [6.45, 7) is 8.87. The second kappa shape index (κ2) is 8.17. The van der Waals surface area contributed by atoms with Gasteiger partial charge in [0.2, 0.25) is 0 Å². The SMILES string of the molecule is CC(C)C#CCCCCCC(C)C. The summed E-state index contributed by atoms with van der Waals surface area (Å²) in [5.74, 6) is 7.82. The highest BCUT2D eigenvalue weighted by Gasteiger charge is 1.92. The van der Waals surface area contributed by atoms with Crippen molar-refractivity contribution in [3.05, 3.63) is 0 Å². The fourth-order valence-corrected chi connectivity index (χ4v) is 1.22. The fourth-order valence-electron chi connectivity index (χ4n) is 1.22. The van der Waals surface area contributed by atoms with E-state index in [1.54, 1.807) is 0 Å². The molecule has 0 heteroatoms. The van der Waals surface area contributed by atoms with Crippen LogP contribution in [0.15, 0.2) is 0 Å². The zero-order valence-electron chi connectivity index (χ0n) is 9.69. The van der Waals surface area contributed by atoms with Gasteiger partial charge in [-0.3, -0.25) is 0 Å². The molecule has 0 N–H and O–H groups in total. The standard InChI is InChI=1S/C13H24/c1-12(2)10-8-6-5-7-9-11-13(3)4/h12-13H,5-8,10H2,1-4H3. The van der Waals surface area contributed by atoms with Crippen molar-refractivity contribution in [2.75, 3.05) is 0 Å². The van der Waals surface area contributed by atoms with E-state index in [4.69, 9.17) is 0 Å². The topological polar surface area (TPSA) is 0 Å². The minimum atomic E-state index is 0.538. The molecule has 0 unspecified atom stereocenters. The molecule has 13 heavy (non-hydrogen) atoms. The van der Waals surface area contributed by atoms with Gasteiger partial charge in [0, 0.05) is 12.3 Å². The van der Waals surface area contributed by atoms with Crippen molar-refractivity contribution < 1.29 is 0 Å². The molecule has 0 saturated carbocycles. The Labute approximate surface area is 84.1 Å². The first-order valence-corrected chi connectivity index (χ1v) is 5.61. The third kappa shape index (κ3) is 11.6. The highest BCUT2D eigenvalue weighted by molar-refractivity contribution is 5.00. The molecule has 0 atom stereocenters. The number of unbranched alkanes of at least 4 members (excludes halogenated alkanes) is 3. The van der Waals surface area contributed by atoms with Crippen LogP contribution in [0.5, 0.6) is 0 Å². The van der Waals surface area contributed by atoms with E-state index in [2.05, 4.69) is 39.5 Å². The molecule has 0 aliphatic carbocycles. The van der Waals surface area contributed by atoms with E-state index in [0.29, 0.717) is 5.92 Å². The van der Waals surface area contributed by atoms with Crippen molar-refractivity contribution in [1.29, 1.82) is 0 Å². The van der Waals surface area contributed by atoms with Gasteiger partial charge in [-0.05, 0) is 12.3 Å². The first kappa shape index (κ1) is 12.6. The zero-order chi connectivity index (χ0) is 10.1. The Bertz CT molecular complexity index is 155. The third-order valence-electron chi connectivity index (χ3n) is 1.97. The summed E-state index contributed by atoms with van der Waals surface area (Å²) in [6, 6.07) is 0. The minimum Gasteiger partial charge on any atom is -0.103 e. The fraction of sp³-hybridized carbons (Fsp3) is 0.846.